The first-order chi connectivity index (χ1) is 15.1. The van der Waals surface area contributed by atoms with E-state index in [4.69, 9.17) is 18.7 Å². The monoisotopic (exact) mass is 431 g/mol. The highest BCUT2D eigenvalue weighted by Gasteiger charge is 2.25. The average Bonchev–Trinajstić information content (AvgIpc) is 3.43. The van der Waals surface area contributed by atoms with Crippen molar-refractivity contribution in [3.63, 3.8) is 0 Å². The lowest BCUT2D eigenvalue weighted by Crippen LogP contribution is -2.46. The van der Waals surface area contributed by atoms with Crippen molar-refractivity contribution >= 4 is 5.96 Å². The molecule has 172 valence electrons. The van der Waals surface area contributed by atoms with Crippen LogP contribution in [0.25, 0.3) is 0 Å². The lowest BCUT2D eigenvalue weighted by molar-refractivity contribution is 0.0124. The molecule has 1 unspecified atom stereocenters. The minimum absolute atomic E-state index is 0.119. The minimum Gasteiger partial charge on any atom is -0.465 e. The summed E-state index contributed by atoms with van der Waals surface area (Å²) < 4.78 is 17.0. The fourth-order valence-electron chi connectivity index (χ4n) is 3.93. The number of rotatable bonds is 10. The molecule has 0 aromatic carbocycles. The minimum atomic E-state index is 0.119. The summed E-state index contributed by atoms with van der Waals surface area (Å²) in [5.74, 6) is 3.87. The van der Waals surface area contributed by atoms with Gasteiger partial charge >= 0.3 is 0 Å². The second-order valence-electron chi connectivity index (χ2n) is 7.92. The molecule has 0 radical (unpaired) electrons. The molecule has 0 aliphatic carbocycles. The standard InChI is InChI=1S/C23H37N5O3/c1-5-18(6-2)20-14-19(31-27-20)15-25-23(24-7-3)26-16-21(22-9-8-17(4)30-22)28-10-12-29-13-11-28/h8-9,14,18,21H,5-7,10-13,15-16H2,1-4H3,(H2,24,25,26). The average molecular weight is 432 g/mol. The molecular weight excluding hydrogens is 394 g/mol. The molecule has 0 amide bonds. The van der Waals surface area contributed by atoms with Gasteiger partial charge in [0, 0.05) is 38.2 Å². The summed E-state index contributed by atoms with van der Waals surface area (Å²) in [6.07, 6.45) is 2.12. The second-order valence-corrected chi connectivity index (χ2v) is 7.92. The van der Waals surface area contributed by atoms with Crippen LogP contribution in [0, 0.1) is 6.92 Å². The summed E-state index contributed by atoms with van der Waals surface area (Å²) in [5.41, 5.74) is 1.02. The largest absolute Gasteiger partial charge is 0.465 e. The Bertz CT molecular complexity index is 806. The van der Waals surface area contributed by atoms with E-state index < -0.39 is 0 Å². The molecule has 1 saturated heterocycles. The van der Waals surface area contributed by atoms with Crippen molar-refractivity contribution in [1.82, 2.24) is 20.7 Å². The third-order valence-corrected chi connectivity index (χ3v) is 5.76. The molecule has 31 heavy (non-hydrogen) atoms. The van der Waals surface area contributed by atoms with E-state index in [0.717, 1.165) is 74.6 Å². The SMILES string of the molecule is CCNC(=NCc1cc(C(CC)CC)no1)NCC(c1ccc(C)o1)N1CCOCC1. The Morgan fingerprint density at radius 1 is 1.16 bits per heavy atom. The molecule has 2 aromatic rings. The maximum atomic E-state index is 5.96. The maximum absolute atomic E-state index is 5.96. The number of guanidine groups is 1. The van der Waals surface area contributed by atoms with Crippen molar-refractivity contribution < 1.29 is 13.7 Å². The van der Waals surface area contributed by atoms with Gasteiger partial charge in [-0.1, -0.05) is 19.0 Å². The first-order valence-corrected chi connectivity index (χ1v) is 11.5. The van der Waals surface area contributed by atoms with E-state index in [-0.39, 0.29) is 6.04 Å². The predicted molar refractivity (Wildman–Crippen MR) is 121 cm³/mol. The Morgan fingerprint density at radius 3 is 2.58 bits per heavy atom. The lowest BCUT2D eigenvalue weighted by atomic mass is 9.99. The van der Waals surface area contributed by atoms with E-state index >= 15 is 0 Å². The fraction of sp³-hybridized carbons (Fsp3) is 0.652. The molecule has 3 rings (SSSR count). The smallest absolute Gasteiger partial charge is 0.191 e. The number of aliphatic imine (C=N–C) groups is 1. The Morgan fingerprint density at radius 2 is 1.94 bits per heavy atom. The van der Waals surface area contributed by atoms with E-state index in [2.05, 4.69) is 47.5 Å². The first kappa shape index (κ1) is 23.3. The summed E-state index contributed by atoms with van der Waals surface area (Å²) in [4.78, 5) is 7.11. The van der Waals surface area contributed by atoms with Crippen LogP contribution >= 0.6 is 0 Å². The molecule has 1 aliphatic heterocycles. The summed E-state index contributed by atoms with van der Waals surface area (Å²) >= 11 is 0. The number of aryl methyl sites for hydroxylation is 1. The number of hydrogen-bond acceptors (Lipinski definition) is 6. The summed E-state index contributed by atoms with van der Waals surface area (Å²) in [6.45, 7) is 13.6. The predicted octanol–water partition coefficient (Wildman–Crippen LogP) is 3.61. The zero-order valence-corrected chi connectivity index (χ0v) is 19.3. The molecule has 0 saturated carbocycles. The summed E-state index contributed by atoms with van der Waals surface area (Å²) in [5, 5.41) is 11.0. The molecule has 0 spiro atoms. The van der Waals surface area contributed by atoms with Crippen molar-refractivity contribution in [3.05, 3.63) is 41.2 Å². The third kappa shape index (κ3) is 6.58. The van der Waals surface area contributed by atoms with Gasteiger partial charge in [-0.3, -0.25) is 4.90 Å². The molecule has 2 aromatic heterocycles. The van der Waals surface area contributed by atoms with E-state index in [1.54, 1.807) is 0 Å². The number of aromatic nitrogens is 1. The number of morpholine rings is 1. The molecule has 1 fully saturated rings. The van der Waals surface area contributed by atoms with Crippen molar-refractivity contribution in [2.45, 2.75) is 59.0 Å². The molecule has 1 atom stereocenters. The Kier molecular flexibility index (Phi) is 8.97. The molecule has 3 heterocycles. The molecule has 8 nitrogen and oxygen atoms in total. The van der Waals surface area contributed by atoms with Crippen molar-refractivity contribution in [3.8, 4) is 0 Å². The van der Waals surface area contributed by atoms with Crippen LogP contribution in [0.5, 0.6) is 0 Å². The zero-order valence-electron chi connectivity index (χ0n) is 19.3. The Balaban J connectivity index is 1.65. The van der Waals surface area contributed by atoms with E-state index in [1.807, 2.05) is 19.1 Å². The van der Waals surface area contributed by atoms with Crippen LogP contribution in [-0.4, -0.2) is 55.4 Å². The van der Waals surface area contributed by atoms with Gasteiger partial charge in [0.25, 0.3) is 0 Å². The Labute approximate surface area is 185 Å². The quantitative estimate of drug-likeness (QED) is 0.439. The summed E-state index contributed by atoms with van der Waals surface area (Å²) in [7, 11) is 0. The van der Waals surface area contributed by atoms with Crippen molar-refractivity contribution in [2.75, 3.05) is 39.4 Å². The highest BCUT2D eigenvalue weighted by Crippen LogP contribution is 2.24. The first-order valence-electron chi connectivity index (χ1n) is 11.5. The van der Waals surface area contributed by atoms with Gasteiger partial charge in [-0.15, -0.1) is 0 Å². The van der Waals surface area contributed by atoms with Gasteiger partial charge in [-0.25, -0.2) is 4.99 Å². The molecular formula is C23H37N5O3. The van der Waals surface area contributed by atoms with Gasteiger partial charge in [0.05, 0.1) is 24.9 Å². The molecule has 1 aliphatic rings. The number of hydrogen-bond donors (Lipinski definition) is 2. The van der Waals surface area contributed by atoms with Crippen LogP contribution in [0.2, 0.25) is 0 Å². The van der Waals surface area contributed by atoms with Crippen LogP contribution in [0.1, 0.15) is 68.5 Å². The Hall–Kier alpha value is -2.32. The normalized spacial score (nSPS) is 16.6. The van der Waals surface area contributed by atoms with Crippen molar-refractivity contribution in [2.24, 2.45) is 4.99 Å². The van der Waals surface area contributed by atoms with Gasteiger partial charge in [0.2, 0.25) is 0 Å². The third-order valence-electron chi connectivity index (χ3n) is 5.76. The van der Waals surface area contributed by atoms with Crippen molar-refractivity contribution in [1.29, 1.82) is 0 Å². The van der Waals surface area contributed by atoms with Crippen LogP contribution in [0.4, 0.5) is 0 Å². The van der Waals surface area contributed by atoms with Crippen LogP contribution < -0.4 is 10.6 Å². The van der Waals surface area contributed by atoms with E-state index in [1.165, 1.54) is 0 Å². The highest BCUT2D eigenvalue weighted by atomic mass is 16.5. The van der Waals surface area contributed by atoms with Crippen LogP contribution in [-0.2, 0) is 11.3 Å². The number of nitrogens with zero attached hydrogens (tertiary/aromatic N) is 3. The fourth-order valence-corrected chi connectivity index (χ4v) is 3.93. The van der Waals surface area contributed by atoms with Gasteiger partial charge in [0.15, 0.2) is 11.7 Å². The molecule has 0 bridgehead atoms. The van der Waals surface area contributed by atoms with Crippen LogP contribution in [0.3, 0.4) is 0 Å². The van der Waals surface area contributed by atoms with Gasteiger partial charge in [-0.05, 0) is 38.8 Å². The topological polar surface area (TPSA) is 88.1 Å². The molecule has 2 N–H and O–H groups in total. The number of ether oxygens (including phenoxy) is 1. The second kappa shape index (κ2) is 11.9. The van der Waals surface area contributed by atoms with E-state index in [0.29, 0.717) is 19.0 Å². The van der Waals surface area contributed by atoms with Gasteiger partial charge in [-0.2, -0.15) is 0 Å². The lowest BCUT2D eigenvalue weighted by Gasteiger charge is -2.33. The molecule has 8 heteroatoms. The van der Waals surface area contributed by atoms with E-state index in [9.17, 15) is 0 Å². The maximum Gasteiger partial charge on any atom is 0.191 e. The number of furan rings is 1. The summed E-state index contributed by atoms with van der Waals surface area (Å²) in [6, 6.07) is 6.24. The van der Waals surface area contributed by atoms with Gasteiger partial charge in [0.1, 0.15) is 18.1 Å². The zero-order chi connectivity index (χ0) is 22.1. The highest BCUT2D eigenvalue weighted by molar-refractivity contribution is 5.79. The van der Waals surface area contributed by atoms with Crippen LogP contribution in [0.15, 0.2) is 32.1 Å². The van der Waals surface area contributed by atoms with Gasteiger partial charge < -0.3 is 24.3 Å². The number of nitrogens with one attached hydrogen (secondary N) is 2.